The van der Waals surface area contributed by atoms with Gasteiger partial charge in [-0.1, -0.05) is 30.3 Å². The van der Waals surface area contributed by atoms with E-state index in [0.29, 0.717) is 0 Å². The van der Waals surface area contributed by atoms with Crippen molar-refractivity contribution in [2.45, 2.75) is 64.4 Å². The molecule has 5 atom stereocenters. The summed E-state index contributed by atoms with van der Waals surface area (Å²) in [6.45, 7) is 5.41. The standard InChI is InChI=1S/C22H31ClN4O6/c1-12(18(30)11-23)24-22(33)19(14(3)28)27-20(31)13(2)25-21(32)17(26-15(4)29)10-16-8-6-5-7-9-16/h5-9,12-14,17,19,28H,10-11H2,1-4H3,(H,24,33)(H,25,32)(H,26,29)(H,27,31)/t12-,13-,14+,17-,19-/m0/s1. The molecule has 10 nitrogen and oxygen atoms in total. The molecule has 1 aromatic carbocycles. The van der Waals surface area contributed by atoms with Crippen LogP contribution in [-0.2, 0) is 30.4 Å². The first-order valence-electron chi connectivity index (χ1n) is 10.4. The highest BCUT2D eigenvalue weighted by Gasteiger charge is 2.30. The van der Waals surface area contributed by atoms with Gasteiger partial charge in [-0.05, 0) is 26.3 Å². The Kier molecular flexibility index (Phi) is 11.5. The molecule has 182 valence electrons. The van der Waals surface area contributed by atoms with Crippen LogP contribution >= 0.6 is 11.6 Å². The maximum absolute atomic E-state index is 12.7. The van der Waals surface area contributed by atoms with E-state index in [9.17, 15) is 29.1 Å². The Hall–Kier alpha value is -2.98. The number of carbonyl (C=O) groups excluding carboxylic acids is 5. The predicted molar refractivity (Wildman–Crippen MR) is 122 cm³/mol. The summed E-state index contributed by atoms with van der Waals surface area (Å²) < 4.78 is 0. The van der Waals surface area contributed by atoms with Crippen LogP contribution in [0.25, 0.3) is 0 Å². The van der Waals surface area contributed by atoms with Gasteiger partial charge in [0.15, 0.2) is 5.78 Å². The highest BCUT2D eigenvalue weighted by atomic mass is 35.5. The third kappa shape index (κ3) is 9.58. The van der Waals surface area contributed by atoms with E-state index in [1.807, 2.05) is 6.07 Å². The summed E-state index contributed by atoms with van der Waals surface area (Å²) in [5.74, 6) is -3.23. The Morgan fingerprint density at radius 3 is 1.94 bits per heavy atom. The Balaban J connectivity index is 2.81. The lowest BCUT2D eigenvalue weighted by Crippen LogP contribution is -2.59. The van der Waals surface area contributed by atoms with Crippen molar-refractivity contribution >= 4 is 41.0 Å². The van der Waals surface area contributed by atoms with Crippen molar-refractivity contribution < 1.29 is 29.1 Å². The average Bonchev–Trinajstić information content (AvgIpc) is 2.75. The van der Waals surface area contributed by atoms with E-state index in [-0.39, 0.29) is 12.3 Å². The molecule has 0 saturated heterocycles. The minimum Gasteiger partial charge on any atom is -0.391 e. The quantitative estimate of drug-likeness (QED) is 0.251. The van der Waals surface area contributed by atoms with Crippen molar-refractivity contribution in [2.24, 2.45) is 0 Å². The van der Waals surface area contributed by atoms with Crippen molar-refractivity contribution in [3.8, 4) is 0 Å². The molecule has 0 aliphatic carbocycles. The summed E-state index contributed by atoms with van der Waals surface area (Å²) >= 11 is 5.47. The summed E-state index contributed by atoms with van der Waals surface area (Å²) in [6, 6.07) is 4.77. The van der Waals surface area contributed by atoms with Gasteiger partial charge in [-0.2, -0.15) is 0 Å². The molecule has 0 radical (unpaired) electrons. The van der Waals surface area contributed by atoms with Gasteiger partial charge in [0, 0.05) is 13.3 Å². The zero-order valence-electron chi connectivity index (χ0n) is 19.1. The van der Waals surface area contributed by atoms with Crippen LogP contribution in [0.2, 0.25) is 0 Å². The van der Waals surface area contributed by atoms with Crippen LogP contribution in [0.1, 0.15) is 33.3 Å². The number of hydrogen-bond donors (Lipinski definition) is 5. The van der Waals surface area contributed by atoms with Crippen LogP contribution in [0.3, 0.4) is 0 Å². The number of nitrogens with one attached hydrogen (secondary N) is 4. The number of hydrogen-bond acceptors (Lipinski definition) is 6. The van der Waals surface area contributed by atoms with Crippen LogP contribution in [0, 0.1) is 0 Å². The lowest BCUT2D eigenvalue weighted by molar-refractivity contribution is -0.135. The Morgan fingerprint density at radius 1 is 0.848 bits per heavy atom. The summed E-state index contributed by atoms with van der Waals surface area (Å²) in [6.07, 6.45) is -1.06. The number of Topliss-reactive ketones (excluding diaryl/α,β-unsaturated/α-hetero) is 1. The van der Waals surface area contributed by atoms with Gasteiger partial charge in [-0.3, -0.25) is 24.0 Å². The SMILES string of the molecule is CC(=O)N[C@@H](Cc1ccccc1)C(=O)N[C@@H](C)C(=O)N[C@H](C(=O)N[C@@H](C)C(=O)CCl)[C@@H](C)O. The monoisotopic (exact) mass is 482 g/mol. The smallest absolute Gasteiger partial charge is 0.245 e. The molecule has 0 aliphatic heterocycles. The Morgan fingerprint density at radius 2 is 1.42 bits per heavy atom. The number of aliphatic hydroxyl groups excluding tert-OH is 1. The molecule has 1 aromatic rings. The fourth-order valence-corrected chi connectivity index (χ4v) is 3.10. The molecule has 0 fully saturated rings. The summed E-state index contributed by atoms with van der Waals surface area (Å²) in [5.41, 5.74) is 0.815. The van der Waals surface area contributed by atoms with E-state index < -0.39 is 59.7 Å². The molecular weight excluding hydrogens is 452 g/mol. The van der Waals surface area contributed by atoms with Crippen molar-refractivity contribution in [1.82, 2.24) is 21.3 Å². The lowest BCUT2D eigenvalue weighted by atomic mass is 10.0. The summed E-state index contributed by atoms with van der Waals surface area (Å²) in [7, 11) is 0. The van der Waals surface area contributed by atoms with Gasteiger partial charge >= 0.3 is 0 Å². The molecule has 1 rings (SSSR count). The molecule has 0 unspecified atom stereocenters. The van der Waals surface area contributed by atoms with E-state index in [1.165, 1.54) is 27.7 Å². The minimum atomic E-state index is -1.36. The van der Waals surface area contributed by atoms with Crippen molar-refractivity contribution in [3.05, 3.63) is 35.9 Å². The van der Waals surface area contributed by atoms with E-state index >= 15 is 0 Å². The lowest BCUT2D eigenvalue weighted by Gasteiger charge is -2.25. The van der Waals surface area contributed by atoms with Gasteiger partial charge in [0.25, 0.3) is 0 Å². The fourth-order valence-electron chi connectivity index (χ4n) is 2.87. The first-order chi connectivity index (χ1) is 15.5. The molecule has 0 spiro atoms. The fraction of sp³-hybridized carbons (Fsp3) is 0.500. The Bertz CT molecular complexity index is 849. The molecular formula is C22H31ClN4O6. The largest absolute Gasteiger partial charge is 0.391 e. The molecule has 0 aliphatic rings. The normalized spacial score (nSPS) is 15.2. The molecule has 33 heavy (non-hydrogen) atoms. The first kappa shape index (κ1) is 28.1. The number of aliphatic hydroxyl groups is 1. The number of amides is 4. The van der Waals surface area contributed by atoms with Gasteiger partial charge in [0.2, 0.25) is 23.6 Å². The summed E-state index contributed by atoms with van der Waals surface area (Å²) in [5, 5.41) is 19.7. The van der Waals surface area contributed by atoms with Gasteiger partial charge < -0.3 is 26.4 Å². The summed E-state index contributed by atoms with van der Waals surface area (Å²) in [4.78, 5) is 60.9. The van der Waals surface area contributed by atoms with Crippen LogP contribution < -0.4 is 21.3 Å². The molecule has 0 aromatic heterocycles. The third-order valence-electron chi connectivity index (χ3n) is 4.76. The second-order valence-electron chi connectivity index (χ2n) is 7.73. The number of rotatable bonds is 12. The number of benzene rings is 1. The molecule has 5 N–H and O–H groups in total. The van der Waals surface area contributed by atoms with Gasteiger partial charge in [-0.25, -0.2) is 0 Å². The van der Waals surface area contributed by atoms with Gasteiger partial charge in [0.1, 0.15) is 18.1 Å². The van der Waals surface area contributed by atoms with E-state index in [2.05, 4.69) is 21.3 Å². The maximum Gasteiger partial charge on any atom is 0.245 e. The topological polar surface area (TPSA) is 154 Å². The van der Waals surface area contributed by atoms with Crippen LogP contribution in [0.5, 0.6) is 0 Å². The number of carbonyl (C=O) groups is 5. The molecule has 0 saturated carbocycles. The van der Waals surface area contributed by atoms with Crippen molar-refractivity contribution in [1.29, 1.82) is 0 Å². The van der Waals surface area contributed by atoms with E-state index in [1.54, 1.807) is 24.3 Å². The third-order valence-corrected chi connectivity index (χ3v) is 5.03. The van der Waals surface area contributed by atoms with Crippen LogP contribution in [0.4, 0.5) is 0 Å². The minimum absolute atomic E-state index is 0.214. The highest BCUT2D eigenvalue weighted by Crippen LogP contribution is 2.04. The van der Waals surface area contributed by atoms with Crippen molar-refractivity contribution in [3.63, 3.8) is 0 Å². The molecule has 0 heterocycles. The molecule has 11 heteroatoms. The van der Waals surface area contributed by atoms with Crippen LogP contribution in [-0.4, -0.2) is 70.7 Å². The molecule has 4 amide bonds. The van der Waals surface area contributed by atoms with E-state index in [4.69, 9.17) is 11.6 Å². The van der Waals surface area contributed by atoms with Gasteiger partial charge in [0.05, 0.1) is 18.0 Å². The highest BCUT2D eigenvalue weighted by molar-refractivity contribution is 6.28. The predicted octanol–water partition coefficient (Wildman–Crippen LogP) is -0.583. The second kappa shape index (κ2) is 13.5. The van der Waals surface area contributed by atoms with E-state index in [0.717, 1.165) is 5.56 Å². The number of halogens is 1. The first-order valence-corrected chi connectivity index (χ1v) is 11.0. The maximum atomic E-state index is 12.7. The number of alkyl halides is 1. The second-order valence-corrected chi connectivity index (χ2v) is 8.00. The number of ketones is 1. The van der Waals surface area contributed by atoms with Gasteiger partial charge in [-0.15, -0.1) is 11.6 Å². The average molecular weight is 483 g/mol. The van der Waals surface area contributed by atoms with Crippen LogP contribution in [0.15, 0.2) is 30.3 Å². The zero-order chi connectivity index (χ0) is 25.1. The Labute approximate surface area is 197 Å². The zero-order valence-corrected chi connectivity index (χ0v) is 19.8. The molecule has 0 bridgehead atoms. The van der Waals surface area contributed by atoms with Crippen molar-refractivity contribution in [2.75, 3.05) is 5.88 Å².